The molecule has 0 saturated heterocycles. The molecule has 0 bridgehead atoms. The van der Waals surface area contributed by atoms with E-state index in [2.05, 4.69) is 41.5 Å². The van der Waals surface area contributed by atoms with Gasteiger partial charge in [-0.15, -0.1) is 0 Å². The van der Waals surface area contributed by atoms with E-state index in [9.17, 15) is 43.2 Å². The van der Waals surface area contributed by atoms with Crippen molar-refractivity contribution in [3.8, 4) is 0 Å². The third-order valence-electron chi connectivity index (χ3n) is 19.0. The monoisotopic (exact) mass is 1470 g/mol. The molecule has 0 saturated carbocycles. The van der Waals surface area contributed by atoms with E-state index in [4.69, 9.17) is 37.0 Å². The van der Waals surface area contributed by atoms with E-state index < -0.39 is 97.5 Å². The molecule has 3 N–H and O–H groups in total. The molecule has 0 radical (unpaired) electrons. The summed E-state index contributed by atoms with van der Waals surface area (Å²) in [5.74, 6) is -0.612. The van der Waals surface area contributed by atoms with Crippen molar-refractivity contribution in [2.75, 3.05) is 39.6 Å². The second kappa shape index (κ2) is 72.6. The number of aliphatic hydroxyl groups excluding tert-OH is 1. The summed E-state index contributed by atoms with van der Waals surface area (Å²) in [7, 11) is -9.92. The summed E-state index contributed by atoms with van der Waals surface area (Å²) in [5, 5.41) is 10.6. The van der Waals surface area contributed by atoms with Gasteiger partial charge in [0.1, 0.15) is 19.3 Å². The van der Waals surface area contributed by atoms with Crippen LogP contribution in [-0.4, -0.2) is 96.7 Å². The molecule has 0 aromatic rings. The zero-order chi connectivity index (χ0) is 73.5. The highest BCUT2D eigenvalue weighted by molar-refractivity contribution is 7.47. The Balaban J connectivity index is 5.25. The van der Waals surface area contributed by atoms with Gasteiger partial charge in [0.2, 0.25) is 0 Å². The normalized spacial score (nSPS) is 13.9. The van der Waals surface area contributed by atoms with Crippen LogP contribution in [0.4, 0.5) is 0 Å². The molecule has 594 valence electrons. The summed E-state index contributed by atoms with van der Waals surface area (Å²) in [6.45, 7) is 9.61. The van der Waals surface area contributed by atoms with Gasteiger partial charge in [-0.05, 0) is 37.5 Å². The Bertz CT molecular complexity index is 1920. The van der Waals surface area contributed by atoms with Crippen LogP contribution in [0.1, 0.15) is 427 Å². The summed E-state index contributed by atoms with van der Waals surface area (Å²) in [4.78, 5) is 73.1. The van der Waals surface area contributed by atoms with Gasteiger partial charge in [-0.25, -0.2) is 9.13 Å². The number of ether oxygens (including phenoxy) is 4. The molecule has 100 heavy (non-hydrogen) atoms. The number of aliphatic hydroxyl groups is 1. The minimum atomic E-state index is -4.96. The summed E-state index contributed by atoms with van der Waals surface area (Å²) in [6.07, 6.45) is 62.4. The second-order valence-electron chi connectivity index (χ2n) is 30.1. The number of hydrogen-bond acceptors (Lipinski definition) is 15. The number of phosphoric acid groups is 2. The van der Waals surface area contributed by atoms with Gasteiger partial charge in [0, 0.05) is 25.7 Å². The van der Waals surface area contributed by atoms with E-state index >= 15 is 0 Å². The van der Waals surface area contributed by atoms with E-state index in [1.165, 1.54) is 244 Å². The number of carbonyl (C=O) groups excluding carboxylic acids is 4. The first-order valence-electron chi connectivity index (χ1n) is 42.0. The fraction of sp³-hybridized carbons (Fsp3) is 0.951. The van der Waals surface area contributed by atoms with E-state index in [1.807, 2.05) is 0 Å². The molecule has 17 nitrogen and oxygen atoms in total. The molecule has 0 aliphatic rings. The molecular formula is C81H158O17P2. The summed E-state index contributed by atoms with van der Waals surface area (Å²) >= 11 is 0. The Kier molecular flexibility index (Phi) is 71.2. The topological polar surface area (TPSA) is 237 Å². The van der Waals surface area contributed by atoms with Crippen molar-refractivity contribution in [1.29, 1.82) is 0 Å². The Morgan fingerprint density at radius 2 is 0.460 bits per heavy atom. The summed E-state index contributed by atoms with van der Waals surface area (Å²) in [5.41, 5.74) is 0. The van der Waals surface area contributed by atoms with Gasteiger partial charge in [0.15, 0.2) is 12.2 Å². The lowest BCUT2D eigenvalue weighted by atomic mass is 10.0. The highest BCUT2D eigenvalue weighted by Crippen LogP contribution is 2.45. The lowest BCUT2D eigenvalue weighted by Gasteiger charge is -2.21. The number of esters is 4. The van der Waals surface area contributed by atoms with Gasteiger partial charge < -0.3 is 33.8 Å². The largest absolute Gasteiger partial charge is 0.472 e. The highest BCUT2D eigenvalue weighted by atomic mass is 31.2. The standard InChI is InChI=1S/C81H158O17P2/c1-7-9-11-13-15-17-19-21-23-25-27-29-31-33-40-47-53-59-65-80(85)97-76(69-91-78(83)63-57-51-45-39-32-30-28-26-24-22-20-18-16-14-12-10-8-2)71-95-99(87,88)93-67-75(82)68-94-100(89,90)96-72-77(70-92-79(84)64-58-52-46-42-36-38-44-50-56-62-74(5)6)98-81(86)66-60-54-48-41-35-34-37-43-49-55-61-73(3)4/h73-77,82H,7-72H2,1-6H3,(H,87,88)(H,89,90)/t75-,76-,77-/m1/s1. The number of carbonyl (C=O) groups is 4. The zero-order valence-corrected chi connectivity index (χ0v) is 67.3. The first kappa shape index (κ1) is 98.1. The maximum absolute atomic E-state index is 13.1. The average molecular weight is 1470 g/mol. The van der Waals surface area contributed by atoms with Crippen LogP contribution in [0.15, 0.2) is 0 Å². The van der Waals surface area contributed by atoms with Gasteiger partial charge in [0.05, 0.1) is 26.4 Å². The Morgan fingerprint density at radius 1 is 0.270 bits per heavy atom. The van der Waals surface area contributed by atoms with Gasteiger partial charge in [-0.3, -0.25) is 37.3 Å². The molecule has 0 heterocycles. The van der Waals surface area contributed by atoms with Crippen LogP contribution in [0.5, 0.6) is 0 Å². The highest BCUT2D eigenvalue weighted by Gasteiger charge is 2.30. The Morgan fingerprint density at radius 3 is 0.680 bits per heavy atom. The first-order chi connectivity index (χ1) is 48.4. The van der Waals surface area contributed by atoms with Crippen LogP contribution in [0.25, 0.3) is 0 Å². The molecule has 0 spiro atoms. The number of phosphoric ester groups is 2. The SMILES string of the molecule is CCCCCCCCCCCCCCCCCCCCC(=O)O[C@H](COC(=O)CCCCCCCCCCCCCCCCCCC)COP(=O)(O)OC[C@@H](O)COP(=O)(O)OC[C@@H](COC(=O)CCCCCCCCCCCC(C)C)OC(=O)CCCCCCCCCCCCC(C)C. The molecule has 0 aromatic carbocycles. The molecule has 19 heteroatoms. The molecule has 0 rings (SSSR count). The molecule has 0 aromatic heterocycles. The fourth-order valence-electron chi connectivity index (χ4n) is 12.5. The molecular weight excluding hydrogens is 1310 g/mol. The van der Waals surface area contributed by atoms with Crippen molar-refractivity contribution < 1.29 is 80.2 Å². The minimum absolute atomic E-state index is 0.106. The van der Waals surface area contributed by atoms with Crippen LogP contribution >= 0.6 is 15.6 Å². The van der Waals surface area contributed by atoms with Gasteiger partial charge in [0.25, 0.3) is 0 Å². The molecule has 0 fully saturated rings. The third-order valence-corrected chi connectivity index (χ3v) is 20.9. The fourth-order valence-corrected chi connectivity index (χ4v) is 14.1. The number of hydrogen-bond donors (Lipinski definition) is 3. The van der Waals surface area contributed by atoms with Crippen LogP contribution in [0.3, 0.4) is 0 Å². The number of unbranched alkanes of at least 4 members (excludes halogenated alkanes) is 50. The lowest BCUT2D eigenvalue weighted by molar-refractivity contribution is -0.161. The predicted octanol–water partition coefficient (Wildman–Crippen LogP) is 24.3. The van der Waals surface area contributed by atoms with Gasteiger partial charge in [-0.1, -0.05) is 375 Å². The van der Waals surface area contributed by atoms with Crippen molar-refractivity contribution >= 4 is 39.5 Å². The van der Waals surface area contributed by atoms with Crippen molar-refractivity contribution in [2.24, 2.45) is 11.8 Å². The van der Waals surface area contributed by atoms with Crippen molar-refractivity contribution in [3.05, 3.63) is 0 Å². The Labute approximate surface area is 613 Å². The minimum Gasteiger partial charge on any atom is -0.462 e. The maximum atomic E-state index is 13.1. The lowest BCUT2D eigenvalue weighted by Crippen LogP contribution is -2.30. The van der Waals surface area contributed by atoms with E-state index in [0.29, 0.717) is 25.7 Å². The maximum Gasteiger partial charge on any atom is 0.472 e. The van der Waals surface area contributed by atoms with Crippen molar-refractivity contribution in [1.82, 2.24) is 0 Å². The molecule has 2 unspecified atom stereocenters. The zero-order valence-electron chi connectivity index (χ0n) is 65.5. The van der Waals surface area contributed by atoms with E-state index in [0.717, 1.165) is 102 Å². The second-order valence-corrected chi connectivity index (χ2v) is 33.0. The predicted molar refractivity (Wildman–Crippen MR) is 409 cm³/mol. The quantitative estimate of drug-likeness (QED) is 0.0222. The summed E-state index contributed by atoms with van der Waals surface area (Å²) < 4.78 is 68.7. The molecule has 0 aliphatic heterocycles. The smallest absolute Gasteiger partial charge is 0.462 e. The molecule has 5 atom stereocenters. The molecule has 0 amide bonds. The van der Waals surface area contributed by atoms with E-state index in [1.54, 1.807) is 0 Å². The van der Waals surface area contributed by atoms with Gasteiger partial charge >= 0.3 is 39.5 Å². The van der Waals surface area contributed by atoms with Crippen molar-refractivity contribution in [2.45, 2.75) is 445 Å². The molecule has 0 aliphatic carbocycles. The summed E-state index contributed by atoms with van der Waals surface area (Å²) in [6, 6.07) is 0. The van der Waals surface area contributed by atoms with Crippen LogP contribution in [0.2, 0.25) is 0 Å². The third kappa shape index (κ3) is 74.3. The van der Waals surface area contributed by atoms with Gasteiger partial charge in [-0.2, -0.15) is 0 Å². The first-order valence-corrected chi connectivity index (χ1v) is 45.0. The Hall–Kier alpha value is -1.94. The van der Waals surface area contributed by atoms with Crippen LogP contribution < -0.4 is 0 Å². The van der Waals surface area contributed by atoms with Crippen LogP contribution in [0, 0.1) is 11.8 Å². The van der Waals surface area contributed by atoms with Crippen LogP contribution in [-0.2, 0) is 65.4 Å². The average Bonchev–Trinajstić information content (AvgIpc) is 0.971. The van der Waals surface area contributed by atoms with Crippen molar-refractivity contribution in [3.63, 3.8) is 0 Å². The number of rotatable bonds is 80. The van der Waals surface area contributed by atoms with E-state index in [-0.39, 0.29) is 25.7 Å².